The van der Waals surface area contributed by atoms with E-state index in [2.05, 4.69) is 15.6 Å². The molecule has 166 valence electrons. The van der Waals surface area contributed by atoms with E-state index in [4.69, 9.17) is 0 Å². The van der Waals surface area contributed by atoms with Crippen LogP contribution in [0.1, 0.15) is 61.6 Å². The van der Waals surface area contributed by atoms with Crippen LogP contribution < -0.4 is 10.6 Å². The average Bonchev–Trinajstić information content (AvgIpc) is 3.12. The maximum atomic E-state index is 13.1. The maximum Gasteiger partial charge on any atom is 0.268 e. The van der Waals surface area contributed by atoms with Gasteiger partial charge in [-0.25, -0.2) is 4.98 Å². The van der Waals surface area contributed by atoms with Crippen LogP contribution in [0.15, 0.2) is 24.4 Å². The predicted octanol–water partition coefficient (Wildman–Crippen LogP) is 2.32. The summed E-state index contributed by atoms with van der Waals surface area (Å²) < 4.78 is 1.77. The molecule has 7 nitrogen and oxygen atoms in total. The van der Waals surface area contributed by atoms with Crippen LogP contribution in [-0.2, 0) is 11.2 Å². The third-order valence-corrected chi connectivity index (χ3v) is 7.50. The van der Waals surface area contributed by atoms with E-state index in [0.717, 1.165) is 24.3 Å². The summed E-state index contributed by atoms with van der Waals surface area (Å²) >= 11 is 0. The number of aromatic nitrogens is 2. The largest absolute Gasteiger partial charge is 0.392 e. The van der Waals surface area contributed by atoms with Crippen LogP contribution in [0.4, 0.5) is 0 Å². The number of nitrogens with one attached hydrogen (secondary N) is 2. The van der Waals surface area contributed by atoms with Crippen molar-refractivity contribution >= 4 is 17.5 Å². The molecule has 0 spiro atoms. The van der Waals surface area contributed by atoms with E-state index in [9.17, 15) is 14.7 Å². The molecule has 6 rings (SSSR count). The summed E-state index contributed by atoms with van der Waals surface area (Å²) in [6.45, 7) is 2.60. The van der Waals surface area contributed by atoms with Crippen molar-refractivity contribution in [3.63, 3.8) is 0 Å². The maximum absolute atomic E-state index is 13.1. The number of imidazole rings is 1. The molecule has 7 heteroatoms. The molecule has 2 aromatic heterocycles. The molecule has 4 bridgehead atoms. The Morgan fingerprint density at radius 1 is 1.16 bits per heavy atom. The number of pyridine rings is 1. The van der Waals surface area contributed by atoms with Gasteiger partial charge in [-0.05, 0) is 80.8 Å². The smallest absolute Gasteiger partial charge is 0.268 e. The number of aliphatic hydroxyl groups is 1. The molecule has 2 amide bonds. The van der Waals surface area contributed by atoms with Gasteiger partial charge in [-0.15, -0.1) is 0 Å². The summed E-state index contributed by atoms with van der Waals surface area (Å²) in [6, 6.07) is 5.48. The Hall–Kier alpha value is -2.41. The zero-order chi connectivity index (χ0) is 21.6. The van der Waals surface area contributed by atoms with Gasteiger partial charge in [0.25, 0.3) is 5.91 Å². The van der Waals surface area contributed by atoms with Crippen LogP contribution in [0, 0.1) is 23.2 Å². The van der Waals surface area contributed by atoms with Gasteiger partial charge >= 0.3 is 0 Å². The lowest BCUT2D eigenvalue weighted by atomic mass is 9.49. The molecule has 0 unspecified atom stereocenters. The van der Waals surface area contributed by atoms with Crippen molar-refractivity contribution in [1.82, 2.24) is 20.0 Å². The van der Waals surface area contributed by atoms with Crippen LogP contribution >= 0.6 is 0 Å². The monoisotopic (exact) mass is 424 g/mol. The van der Waals surface area contributed by atoms with Crippen LogP contribution in [-0.4, -0.2) is 45.5 Å². The number of carbonyl (C=O) groups is 2. The second-order valence-corrected chi connectivity index (χ2v) is 10.3. The highest BCUT2D eigenvalue weighted by atomic mass is 16.3. The zero-order valence-corrected chi connectivity index (χ0v) is 18.1. The Kier molecular flexibility index (Phi) is 5.24. The Morgan fingerprint density at radius 2 is 1.84 bits per heavy atom. The van der Waals surface area contributed by atoms with Crippen molar-refractivity contribution in [1.29, 1.82) is 0 Å². The summed E-state index contributed by atoms with van der Waals surface area (Å²) in [7, 11) is 0. The molecule has 0 aliphatic heterocycles. The molecule has 0 saturated heterocycles. The van der Waals surface area contributed by atoms with Gasteiger partial charge in [0.2, 0.25) is 5.91 Å². The first-order valence-electron chi connectivity index (χ1n) is 11.6. The van der Waals surface area contributed by atoms with Gasteiger partial charge in [-0.2, -0.15) is 0 Å². The summed E-state index contributed by atoms with van der Waals surface area (Å²) in [4.78, 5) is 29.7. The molecule has 4 aliphatic carbocycles. The van der Waals surface area contributed by atoms with Gasteiger partial charge in [0.05, 0.1) is 18.2 Å². The molecule has 3 N–H and O–H groups in total. The second kappa shape index (κ2) is 7.93. The number of hydrogen-bond acceptors (Lipinski definition) is 4. The Bertz CT molecular complexity index is 961. The van der Waals surface area contributed by atoms with E-state index < -0.39 is 6.10 Å². The predicted molar refractivity (Wildman–Crippen MR) is 117 cm³/mol. The number of carbonyl (C=O) groups excluding carboxylic acids is 2. The van der Waals surface area contributed by atoms with Gasteiger partial charge in [-0.1, -0.05) is 6.07 Å². The van der Waals surface area contributed by atoms with Crippen LogP contribution in [0.5, 0.6) is 0 Å². The Morgan fingerprint density at radius 3 is 2.48 bits per heavy atom. The lowest BCUT2D eigenvalue weighted by Gasteiger charge is -2.56. The van der Waals surface area contributed by atoms with Crippen LogP contribution in [0.25, 0.3) is 5.65 Å². The van der Waals surface area contributed by atoms with E-state index >= 15 is 0 Å². The highest BCUT2D eigenvalue weighted by molar-refractivity contribution is 5.93. The molecular weight excluding hydrogens is 392 g/mol. The summed E-state index contributed by atoms with van der Waals surface area (Å²) in [5, 5.41) is 15.2. The molecule has 4 saturated carbocycles. The molecule has 2 heterocycles. The fraction of sp³-hybridized carbons (Fsp3) is 0.625. The standard InChI is InChI=1S/C24H32N4O3/c1-15(29)12-25-22(30)8-19-13-28-20(3-2-4-21(28)27-19)23(31)26-14-24-9-16-5-17(10-24)7-18(6-16)11-24/h2-4,13,15-18,29H,5-12,14H2,1H3,(H,25,30)(H,26,31)/t15-,16?,17?,18?,24?/m0/s1. The second-order valence-electron chi connectivity index (χ2n) is 10.3. The lowest BCUT2D eigenvalue weighted by molar-refractivity contribution is -0.120. The number of aliphatic hydroxyl groups excluding tert-OH is 1. The van der Waals surface area contributed by atoms with Crippen molar-refractivity contribution in [3.8, 4) is 0 Å². The van der Waals surface area contributed by atoms with Crippen molar-refractivity contribution in [3.05, 3.63) is 35.8 Å². The van der Waals surface area contributed by atoms with Crippen molar-refractivity contribution < 1.29 is 14.7 Å². The molecule has 0 aromatic carbocycles. The van der Waals surface area contributed by atoms with E-state index in [1.165, 1.54) is 38.5 Å². The first-order chi connectivity index (χ1) is 14.9. The van der Waals surface area contributed by atoms with Crippen LogP contribution in [0.2, 0.25) is 0 Å². The summed E-state index contributed by atoms with van der Waals surface area (Å²) in [6.07, 6.45) is 9.27. The Balaban J connectivity index is 1.27. The molecule has 4 fully saturated rings. The molecule has 2 aromatic rings. The molecule has 0 radical (unpaired) electrons. The average molecular weight is 425 g/mol. The number of amides is 2. The minimum Gasteiger partial charge on any atom is -0.392 e. The first kappa shape index (κ1) is 20.5. The number of nitrogens with zero attached hydrogens (tertiary/aromatic N) is 2. The summed E-state index contributed by atoms with van der Waals surface area (Å²) in [5.74, 6) is 2.31. The third kappa shape index (κ3) is 4.20. The number of rotatable bonds is 7. The minimum atomic E-state index is -0.589. The highest BCUT2D eigenvalue weighted by Gasteiger charge is 2.50. The van der Waals surface area contributed by atoms with Crippen molar-refractivity contribution in [2.75, 3.05) is 13.1 Å². The van der Waals surface area contributed by atoms with Gasteiger partial charge in [0.1, 0.15) is 11.3 Å². The van der Waals surface area contributed by atoms with E-state index in [0.29, 0.717) is 22.5 Å². The fourth-order valence-electron chi connectivity index (χ4n) is 6.68. The summed E-state index contributed by atoms with van der Waals surface area (Å²) in [5.41, 5.74) is 2.09. The topological polar surface area (TPSA) is 95.7 Å². The quantitative estimate of drug-likeness (QED) is 0.636. The van der Waals surface area contributed by atoms with Gasteiger partial charge in [0, 0.05) is 19.3 Å². The van der Waals surface area contributed by atoms with Gasteiger partial charge in [0.15, 0.2) is 0 Å². The third-order valence-electron chi connectivity index (χ3n) is 7.50. The van der Waals surface area contributed by atoms with E-state index in [-0.39, 0.29) is 24.8 Å². The van der Waals surface area contributed by atoms with Crippen molar-refractivity contribution in [2.24, 2.45) is 23.2 Å². The minimum absolute atomic E-state index is 0.0798. The lowest BCUT2D eigenvalue weighted by Crippen LogP contribution is -2.51. The Labute approximate surface area is 182 Å². The molecule has 31 heavy (non-hydrogen) atoms. The van der Waals surface area contributed by atoms with E-state index in [1.807, 2.05) is 12.1 Å². The molecule has 4 aliphatic rings. The van der Waals surface area contributed by atoms with Gasteiger partial charge in [-0.3, -0.25) is 14.0 Å². The normalized spacial score (nSPS) is 29.8. The first-order valence-corrected chi connectivity index (χ1v) is 11.6. The number of hydrogen-bond donors (Lipinski definition) is 3. The highest BCUT2D eigenvalue weighted by Crippen LogP contribution is 2.59. The zero-order valence-electron chi connectivity index (χ0n) is 18.1. The van der Waals surface area contributed by atoms with Gasteiger partial charge < -0.3 is 15.7 Å². The van der Waals surface area contributed by atoms with Crippen LogP contribution in [0.3, 0.4) is 0 Å². The fourth-order valence-corrected chi connectivity index (χ4v) is 6.68. The SMILES string of the molecule is C[C@H](O)CNC(=O)Cc1cn2c(C(=O)NCC34CC5CC(CC(C5)C3)C4)cccc2n1. The van der Waals surface area contributed by atoms with Crippen molar-refractivity contribution in [2.45, 2.75) is 58.0 Å². The number of fused-ring (bicyclic) bond motifs is 1. The van der Waals surface area contributed by atoms with E-state index in [1.54, 1.807) is 23.6 Å². The molecule has 1 atom stereocenters. The molecular formula is C24H32N4O3.